The molecule has 1 aliphatic carbocycles. The molecule has 0 saturated heterocycles. The number of benzene rings is 1. The fourth-order valence-corrected chi connectivity index (χ4v) is 2.67. The van der Waals surface area contributed by atoms with Gasteiger partial charge in [-0.15, -0.1) is 0 Å². The van der Waals surface area contributed by atoms with E-state index in [4.69, 9.17) is 0 Å². The van der Waals surface area contributed by atoms with Gasteiger partial charge in [0.1, 0.15) is 0 Å². The van der Waals surface area contributed by atoms with Gasteiger partial charge in [-0.3, -0.25) is 0 Å². The summed E-state index contributed by atoms with van der Waals surface area (Å²) in [6, 6.07) is 9.67. The molecular weight excluding hydrogens is 206 g/mol. The quantitative estimate of drug-likeness (QED) is 0.787. The third-order valence-electron chi connectivity index (χ3n) is 3.91. The van der Waals surface area contributed by atoms with Gasteiger partial charge in [-0.05, 0) is 50.6 Å². The van der Waals surface area contributed by atoms with Crippen LogP contribution in [-0.2, 0) is 6.42 Å². The molecule has 0 aromatic heterocycles. The van der Waals surface area contributed by atoms with Crippen LogP contribution < -0.4 is 5.32 Å². The summed E-state index contributed by atoms with van der Waals surface area (Å²) in [5.74, 6) is 0.919. The predicted octanol–water partition coefficient (Wildman–Crippen LogP) is 3.71. The first-order valence-electron chi connectivity index (χ1n) is 7.08. The summed E-state index contributed by atoms with van der Waals surface area (Å²) in [6.45, 7) is 5.59. The van der Waals surface area contributed by atoms with E-state index in [-0.39, 0.29) is 0 Å². The predicted molar refractivity (Wildman–Crippen MR) is 74.3 cm³/mol. The largest absolute Gasteiger partial charge is 0.313 e. The van der Waals surface area contributed by atoms with Crippen LogP contribution in [0.15, 0.2) is 24.3 Å². The zero-order valence-corrected chi connectivity index (χ0v) is 11.2. The highest BCUT2D eigenvalue weighted by Crippen LogP contribution is 2.31. The van der Waals surface area contributed by atoms with Crippen LogP contribution in [0.3, 0.4) is 0 Å². The Morgan fingerprint density at radius 2 is 2.18 bits per heavy atom. The molecule has 1 unspecified atom stereocenters. The Balaban J connectivity index is 1.95. The van der Waals surface area contributed by atoms with E-state index in [1.165, 1.54) is 43.2 Å². The molecule has 0 bridgehead atoms. The van der Waals surface area contributed by atoms with Gasteiger partial charge in [0.25, 0.3) is 0 Å². The molecular formula is C16H25N. The van der Waals surface area contributed by atoms with Crippen LogP contribution in [0, 0.1) is 12.8 Å². The van der Waals surface area contributed by atoms with Gasteiger partial charge in [0.15, 0.2) is 0 Å². The Kier molecular flexibility index (Phi) is 4.61. The Labute approximate surface area is 106 Å². The van der Waals surface area contributed by atoms with Gasteiger partial charge in [-0.1, -0.05) is 43.2 Å². The first-order chi connectivity index (χ1) is 8.29. The Hall–Kier alpha value is -0.820. The average Bonchev–Trinajstić information content (AvgIpc) is 2.23. The fraction of sp³-hybridized carbons (Fsp3) is 0.625. The van der Waals surface area contributed by atoms with Crippen LogP contribution in [0.2, 0.25) is 0 Å². The molecule has 1 atom stereocenters. The van der Waals surface area contributed by atoms with E-state index in [0.29, 0.717) is 6.04 Å². The van der Waals surface area contributed by atoms with E-state index in [2.05, 4.69) is 43.4 Å². The topological polar surface area (TPSA) is 12.0 Å². The number of rotatable bonds is 6. The van der Waals surface area contributed by atoms with Crippen molar-refractivity contribution in [2.75, 3.05) is 6.54 Å². The van der Waals surface area contributed by atoms with Gasteiger partial charge in [-0.25, -0.2) is 0 Å². The van der Waals surface area contributed by atoms with Crippen molar-refractivity contribution in [3.05, 3.63) is 35.4 Å². The normalized spacial score (nSPS) is 17.8. The molecule has 2 rings (SSSR count). The number of aryl methyl sites for hydroxylation is 1. The van der Waals surface area contributed by atoms with Crippen LogP contribution in [0.1, 0.15) is 43.7 Å². The van der Waals surface area contributed by atoms with Gasteiger partial charge < -0.3 is 5.32 Å². The molecule has 1 nitrogen and oxygen atoms in total. The maximum atomic E-state index is 3.74. The Morgan fingerprint density at radius 1 is 1.35 bits per heavy atom. The number of hydrogen-bond acceptors (Lipinski definition) is 1. The molecule has 1 aromatic rings. The van der Waals surface area contributed by atoms with E-state index in [1.54, 1.807) is 0 Å². The lowest BCUT2D eigenvalue weighted by molar-refractivity contribution is 0.227. The highest BCUT2D eigenvalue weighted by atomic mass is 14.9. The SMILES string of the molecule is CCCNC(Cc1cccc(C)c1)C1CCC1. The van der Waals surface area contributed by atoms with Crippen LogP contribution in [0.4, 0.5) is 0 Å². The second-order valence-electron chi connectivity index (χ2n) is 5.44. The molecule has 1 N–H and O–H groups in total. The smallest absolute Gasteiger partial charge is 0.0136 e. The highest BCUT2D eigenvalue weighted by Gasteiger charge is 2.26. The van der Waals surface area contributed by atoms with Gasteiger partial charge in [0.2, 0.25) is 0 Å². The third kappa shape index (κ3) is 3.57. The first kappa shape index (κ1) is 12.6. The number of hydrogen-bond donors (Lipinski definition) is 1. The molecule has 1 aliphatic rings. The molecule has 94 valence electrons. The Bertz CT molecular complexity index is 341. The van der Waals surface area contributed by atoms with E-state index in [0.717, 1.165) is 12.5 Å². The van der Waals surface area contributed by atoms with E-state index in [1.807, 2.05) is 0 Å². The van der Waals surface area contributed by atoms with E-state index >= 15 is 0 Å². The summed E-state index contributed by atoms with van der Waals surface area (Å²) >= 11 is 0. The van der Waals surface area contributed by atoms with Crippen molar-refractivity contribution < 1.29 is 0 Å². The summed E-state index contributed by atoms with van der Waals surface area (Å²) in [5.41, 5.74) is 2.87. The van der Waals surface area contributed by atoms with E-state index < -0.39 is 0 Å². The zero-order chi connectivity index (χ0) is 12.1. The first-order valence-corrected chi connectivity index (χ1v) is 7.08. The van der Waals surface area contributed by atoms with Crippen LogP contribution in [0.5, 0.6) is 0 Å². The van der Waals surface area contributed by atoms with Crippen molar-refractivity contribution in [1.82, 2.24) is 5.32 Å². The maximum absolute atomic E-state index is 3.74. The molecule has 17 heavy (non-hydrogen) atoms. The van der Waals surface area contributed by atoms with Gasteiger partial charge in [0.05, 0.1) is 0 Å². The van der Waals surface area contributed by atoms with Crippen LogP contribution >= 0.6 is 0 Å². The lowest BCUT2D eigenvalue weighted by Crippen LogP contribution is -2.41. The van der Waals surface area contributed by atoms with Crippen molar-refractivity contribution in [3.8, 4) is 0 Å². The second-order valence-corrected chi connectivity index (χ2v) is 5.44. The Morgan fingerprint density at radius 3 is 2.76 bits per heavy atom. The molecule has 1 aromatic carbocycles. The zero-order valence-electron chi connectivity index (χ0n) is 11.2. The maximum Gasteiger partial charge on any atom is 0.0136 e. The van der Waals surface area contributed by atoms with Crippen LogP contribution in [-0.4, -0.2) is 12.6 Å². The van der Waals surface area contributed by atoms with Gasteiger partial charge in [0, 0.05) is 6.04 Å². The minimum absolute atomic E-state index is 0.700. The van der Waals surface area contributed by atoms with Gasteiger partial charge >= 0.3 is 0 Å². The minimum atomic E-state index is 0.700. The molecule has 1 fully saturated rings. The van der Waals surface area contributed by atoms with Crippen LogP contribution in [0.25, 0.3) is 0 Å². The highest BCUT2D eigenvalue weighted by molar-refractivity contribution is 5.23. The lowest BCUT2D eigenvalue weighted by atomic mass is 9.77. The number of nitrogens with one attached hydrogen (secondary N) is 1. The molecule has 0 radical (unpaired) electrons. The summed E-state index contributed by atoms with van der Waals surface area (Å²) in [4.78, 5) is 0. The molecule has 0 heterocycles. The van der Waals surface area contributed by atoms with Gasteiger partial charge in [-0.2, -0.15) is 0 Å². The summed E-state index contributed by atoms with van der Waals surface area (Å²) in [6.07, 6.45) is 6.71. The molecule has 0 spiro atoms. The standard InChI is InChI=1S/C16H25N/c1-3-10-17-16(15-8-5-9-15)12-14-7-4-6-13(2)11-14/h4,6-7,11,15-17H,3,5,8-10,12H2,1-2H3. The third-order valence-corrected chi connectivity index (χ3v) is 3.91. The average molecular weight is 231 g/mol. The van der Waals surface area contributed by atoms with Crippen molar-refractivity contribution >= 4 is 0 Å². The van der Waals surface area contributed by atoms with E-state index in [9.17, 15) is 0 Å². The fourth-order valence-electron chi connectivity index (χ4n) is 2.67. The molecule has 0 amide bonds. The molecule has 0 aliphatic heterocycles. The molecule has 1 heteroatoms. The molecule has 1 saturated carbocycles. The van der Waals surface area contributed by atoms with Crippen molar-refractivity contribution in [2.24, 2.45) is 5.92 Å². The van der Waals surface area contributed by atoms with Crippen molar-refractivity contribution in [1.29, 1.82) is 0 Å². The summed E-state index contributed by atoms with van der Waals surface area (Å²) < 4.78 is 0. The monoisotopic (exact) mass is 231 g/mol. The van der Waals surface area contributed by atoms with Crippen molar-refractivity contribution in [3.63, 3.8) is 0 Å². The minimum Gasteiger partial charge on any atom is -0.313 e. The lowest BCUT2D eigenvalue weighted by Gasteiger charge is -2.34. The summed E-state index contributed by atoms with van der Waals surface area (Å²) in [5, 5.41) is 3.74. The summed E-state index contributed by atoms with van der Waals surface area (Å²) in [7, 11) is 0. The second kappa shape index (κ2) is 6.20. The van der Waals surface area contributed by atoms with Crippen molar-refractivity contribution in [2.45, 2.75) is 52.0 Å².